The smallest absolute Gasteiger partial charge is 0.426 e. The second kappa shape index (κ2) is 19.2. The number of nitrogens with zero attached hydrogens (tertiary/aromatic N) is 4. The summed E-state index contributed by atoms with van der Waals surface area (Å²) in [6, 6.07) is 0. The predicted octanol–water partition coefficient (Wildman–Crippen LogP) is 7.27. The summed E-state index contributed by atoms with van der Waals surface area (Å²) < 4.78 is 11.1. The number of aryl methyl sites for hydroxylation is 6. The van der Waals surface area contributed by atoms with Gasteiger partial charge < -0.3 is 20.1 Å². The Bertz CT molecular complexity index is 1670. The van der Waals surface area contributed by atoms with E-state index in [0.29, 0.717) is 23.1 Å². The molecular formula is C34H46N8O6S4. The lowest BCUT2D eigenvalue weighted by molar-refractivity contribution is -0.115. The van der Waals surface area contributed by atoms with Gasteiger partial charge in [0.25, 0.3) is 0 Å². The first kappa shape index (κ1) is 40.8. The molecule has 0 bridgehead atoms. The van der Waals surface area contributed by atoms with Crippen molar-refractivity contribution in [3.8, 4) is 0 Å². The Hall–Kier alpha value is -4.00. The number of ether oxygens (including phenoxy) is 2. The molecule has 4 aromatic rings. The van der Waals surface area contributed by atoms with Crippen molar-refractivity contribution in [2.75, 3.05) is 10.6 Å². The number of hydrogen-bond donors (Lipinski definition) is 4. The van der Waals surface area contributed by atoms with Crippen molar-refractivity contribution in [1.29, 1.82) is 0 Å². The van der Waals surface area contributed by atoms with Gasteiger partial charge in [-0.25, -0.2) is 40.4 Å². The summed E-state index contributed by atoms with van der Waals surface area (Å²) in [6.45, 7) is 10.2. The van der Waals surface area contributed by atoms with E-state index in [0.717, 1.165) is 82.5 Å². The first-order valence-electron chi connectivity index (χ1n) is 16.9. The van der Waals surface area contributed by atoms with Crippen LogP contribution >= 0.6 is 45.3 Å². The third-order valence-corrected chi connectivity index (χ3v) is 11.3. The van der Waals surface area contributed by atoms with Gasteiger partial charge in [-0.1, -0.05) is 0 Å². The van der Waals surface area contributed by atoms with E-state index in [2.05, 4.69) is 41.4 Å². The molecule has 0 unspecified atom stereocenters. The third kappa shape index (κ3) is 14.9. The molecule has 18 heteroatoms. The van der Waals surface area contributed by atoms with Gasteiger partial charge in [0.2, 0.25) is 11.8 Å². The van der Waals surface area contributed by atoms with E-state index < -0.39 is 23.4 Å². The van der Waals surface area contributed by atoms with Crippen LogP contribution in [-0.2, 0) is 57.6 Å². The lowest BCUT2D eigenvalue weighted by atomic mass is 10.0. The molecule has 0 radical (unpaired) electrons. The first-order chi connectivity index (χ1) is 24.6. The maximum absolute atomic E-state index is 12.4. The zero-order valence-corrected chi connectivity index (χ0v) is 33.5. The standard InChI is InChI=1S/C34H46N8O6S4/c1-21(43)37-29-39-23(19-49-29)11-13-25-17-35-27(51-25)9-7-15-33(3,4)47-31(45)41-42-32(46)48-34(5,6)16-8-10-28-36-18-26(52-28)14-12-24-20-50-30(40-24)38-22(2)44/h17-20H,7-16H2,1-6H3,(H,41,45)(H,42,46)(H,37,39,43)(H,38,40,44). The highest BCUT2D eigenvalue weighted by molar-refractivity contribution is 7.14. The largest absolute Gasteiger partial charge is 0.442 e. The van der Waals surface area contributed by atoms with Gasteiger partial charge in [0.05, 0.1) is 21.4 Å². The first-order valence-corrected chi connectivity index (χ1v) is 20.3. The Morgan fingerprint density at radius 1 is 0.635 bits per heavy atom. The Morgan fingerprint density at radius 2 is 1.04 bits per heavy atom. The van der Waals surface area contributed by atoms with E-state index >= 15 is 0 Å². The molecule has 282 valence electrons. The Morgan fingerprint density at radius 3 is 1.42 bits per heavy atom. The Balaban J connectivity index is 1.07. The van der Waals surface area contributed by atoms with Gasteiger partial charge in [-0.05, 0) is 91.9 Å². The van der Waals surface area contributed by atoms with Crippen molar-refractivity contribution in [1.82, 2.24) is 30.8 Å². The number of hydrazine groups is 1. The van der Waals surface area contributed by atoms with Gasteiger partial charge in [0, 0.05) is 46.8 Å². The second-order valence-corrected chi connectivity index (χ2v) is 17.5. The maximum atomic E-state index is 12.4. The number of rotatable bonds is 18. The number of aromatic nitrogens is 4. The van der Waals surface area contributed by atoms with Gasteiger partial charge >= 0.3 is 12.2 Å². The van der Waals surface area contributed by atoms with E-state index in [4.69, 9.17) is 9.47 Å². The van der Waals surface area contributed by atoms with Crippen molar-refractivity contribution in [2.24, 2.45) is 0 Å². The summed E-state index contributed by atoms with van der Waals surface area (Å²) in [4.78, 5) is 67.6. The van der Waals surface area contributed by atoms with Crippen molar-refractivity contribution < 1.29 is 28.7 Å². The van der Waals surface area contributed by atoms with Crippen molar-refractivity contribution in [3.05, 3.63) is 54.3 Å². The molecule has 4 heterocycles. The average Bonchev–Trinajstić information content (AvgIpc) is 3.86. The molecule has 0 fully saturated rings. The number of carbonyl (C=O) groups excluding carboxylic acids is 4. The monoisotopic (exact) mass is 790 g/mol. The molecule has 4 amide bonds. The van der Waals surface area contributed by atoms with E-state index in [1.54, 1.807) is 22.7 Å². The molecule has 0 aromatic carbocycles. The molecule has 0 aliphatic carbocycles. The zero-order valence-electron chi connectivity index (χ0n) is 30.3. The quantitative estimate of drug-likeness (QED) is 0.0747. The molecule has 4 N–H and O–H groups in total. The summed E-state index contributed by atoms with van der Waals surface area (Å²) in [5.74, 6) is -0.266. The molecule has 0 aliphatic heterocycles. The summed E-state index contributed by atoms with van der Waals surface area (Å²) in [5.41, 5.74) is 4.90. The fraction of sp³-hybridized carbons (Fsp3) is 0.529. The van der Waals surface area contributed by atoms with Gasteiger partial charge in [0.1, 0.15) is 11.2 Å². The normalized spacial score (nSPS) is 11.6. The maximum Gasteiger partial charge on any atom is 0.426 e. The van der Waals surface area contributed by atoms with Crippen LogP contribution in [0.4, 0.5) is 19.9 Å². The van der Waals surface area contributed by atoms with Gasteiger partial charge in [-0.3, -0.25) is 9.59 Å². The van der Waals surface area contributed by atoms with Crippen molar-refractivity contribution in [3.63, 3.8) is 0 Å². The highest BCUT2D eigenvalue weighted by atomic mass is 32.1. The van der Waals surface area contributed by atoms with Crippen LogP contribution < -0.4 is 21.5 Å². The molecule has 0 aliphatic rings. The van der Waals surface area contributed by atoms with Crippen LogP contribution in [0.3, 0.4) is 0 Å². The van der Waals surface area contributed by atoms with Crippen LogP contribution in [0.1, 0.15) is 98.4 Å². The van der Waals surface area contributed by atoms with E-state index in [1.807, 2.05) is 50.8 Å². The molecule has 0 atom stereocenters. The predicted molar refractivity (Wildman–Crippen MR) is 205 cm³/mol. The molecular weight excluding hydrogens is 745 g/mol. The zero-order chi connectivity index (χ0) is 37.7. The summed E-state index contributed by atoms with van der Waals surface area (Å²) >= 11 is 6.14. The molecule has 0 saturated carbocycles. The molecule has 4 rings (SSSR count). The van der Waals surface area contributed by atoms with Crippen LogP contribution in [0.5, 0.6) is 0 Å². The second-order valence-electron chi connectivity index (χ2n) is 13.3. The number of anilines is 2. The van der Waals surface area contributed by atoms with Crippen LogP contribution in [0.15, 0.2) is 23.2 Å². The molecule has 0 spiro atoms. The minimum atomic E-state index is -0.775. The number of amides is 4. The Labute approximate surface area is 319 Å². The fourth-order valence-corrected chi connectivity index (χ4v) is 8.52. The minimum Gasteiger partial charge on any atom is -0.442 e. The van der Waals surface area contributed by atoms with E-state index in [1.165, 1.54) is 36.5 Å². The van der Waals surface area contributed by atoms with Crippen molar-refractivity contribution in [2.45, 2.75) is 117 Å². The van der Waals surface area contributed by atoms with Gasteiger partial charge in [-0.2, -0.15) is 0 Å². The van der Waals surface area contributed by atoms with Gasteiger partial charge in [0.15, 0.2) is 10.3 Å². The summed E-state index contributed by atoms with van der Waals surface area (Å²) in [5, 5.41) is 12.6. The van der Waals surface area contributed by atoms with Crippen LogP contribution in [0, 0.1) is 0 Å². The Kier molecular flexibility index (Phi) is 15.0. The minimum absolute atomic E-state index is 0.133. The molecule has 4 aromatic heterocycles. The number of carbonyl (C=O) groups is 4. The van der Waals surface area contributed by atoms with Crippen LogP contribution in [-0.4, -0.2) is 55.1 Å². The SMILES string of the molecule is CC(=O)Nc1nc(CCc2cnc(CCCC(C)(C)OC(=O)NNC(=O)OC(C)(C)CCCc3ncc(CCc4csc(NC(C)=O)n4)s3)s2)cs1. The van der Waals surface area contributed by atoms with Gasteiger partial charge in [-0.15, -0.1) is 45.3 Å². The van der Waals surface area contributed by atoms with Crippen LogP contribution in [0.25, 0.3) is 0 Å². The summed E-state index contributed by atoms with van der Waals surface area (Å²) in [7, 11) is 0. The summed E-state index contributed by atoms with van der Waals surface area (Å²) in [6.07, 6.45) is 9.63. The van der Waals surface area contributed by atoms with E-state index in [9.17, 15) is 19.2 Å². The molecule has 14 nitrogen and oxygen atoms in total. The van der Waals surface area contributed by atoms with Crippen LogP contribution in [0.2, 0.25) is 0 Å². The number of hydrogen-bond acceptors (Lipinski definition) is 14. The molecule has 52 heavy (non-hydrogen) atoms. The highest BCUT2D eigenvalue weighted by Crippen LogP contribution is 2.25. The highest BCUT2D eigenvalue weighted by Gasteiger charge is 2.26. The molecule has 0 saturated heterocycles. The third-order valence-electron chi connectivity index (χ3n) is 7.47. The number of nitrogens with one attached hydrogen (secondary N) is 4. The fourth-order valence-electron chi connectivity index (χ4n) is 5.01. The lowest BCUT2D eigenvalue weighted by Gasteiger charge is -2.26. The topological polar surface area (TPSA) is 186 Å². The van der Waals surface area contributed by atoms with Crippen molar-refractivity contribution >= 4 is 79.6 Å². The van der Waals surface area contributed by atoms with E-state index in [-0.39, 0.29) is 11.8 Å². The average molecular weight is 791 g/mol. The number of thiazole rings is 4. The lowest BCUT2D eigenvalue weighted by Crippen LogP contribution is -2.47.